The Bertz CT molecular complexity index is 1500. The highest BCUT2D eigenvalue weighted by atomic mass is 79.9. The van der Waals surface area contributed by atoms with Crippen molar-refractivity contribution in [1.82, 2.24) is 5.32 Å². The lowest BCUT2D eigenvalue weighted by Crippen LogP contribution is -2.26. The number of hydrogen-bond acceptors (Lipinski definition) is 4. The van der Waals surface area contributed by atoms with Crippen LogP contribution < -0.4 is 9.62 Å². The number of amides is 1. The smallest absolute Gasteiger partial charge is 0.255 e. The first-order valence-electron chi connectivity index (χ1n) is 11.2. The van der Waals surface area contributed by atoms with Crippen molar-refractivity contribution in [3.63, 3.8) is 0 Å². The van der Waals surface area contributed by atoms with Crippen LogP contribution in [0.15, 0.2) is 63.5 Å². The van der Waals surface area contributed by atoms with Gasteiger partial charge in [0.15, 0.2) is 0 Å². The number of hydrogen-bond donors (Lipinski definition) is 1. The quantitative estimate of drug-likeness (QED) is 0.267. The minimum Gasteiger partial charge on any atom is -0.755 e. The first-order chi connectivity index (χ1) is 17.3. The molecule has 1 N–H and O–H groups in total. The van der Waals surface area contributed by atoms with Gasteiger partial charge in [-0.3, -0.25) is 13.3 Å². The zero-order valence-electron chi connectivity index (χ0n) is 19.0. The van der Waals surface area contributed by atoms with E-state index in [2.05, 4.69) is 21.2 Å². The zero-order chi connectivity index (χ0) is 25.6. The second-order valence-electron chi connectivity index (χ2n) is 8.58. The summed E-state index contributed by atoms with van der Waals surface area (Å²) in [6.07, 6.45) is 1.76. The van der Waals surface area contributed by atoms with Gasteiger partial charge in [-0.1, -0.05) is 6.07 Å². The molecule has 1 aliphatic carbocycles. The maximum atomic E-state index is 14.1. The summed E-state index contributed by atoms with van der Waals surface area (Å²) in [5.41, 5.74) is 2.75. The van der Waals surface area contributed by atoms with Crippen LogP contribution in [-0.4, -0.2) is 21.7 Å². The second kappa shape index (κ2) is 9.76. The van der Waals surface area contributed by atoms with Gasteiger partial charge in [-0.2, -0.15) is 0 Å². The molecular formula is C26H20BrF2N2O4S-. The molecule has 5 rings (SSSR count). The Kier molecular flexibility index (Phi) is 6.67. The maximum Gasteiger partial charge on any atom is 0.255 e. The average Bonchev–Trinajstić information content (AvgIpc) is 3.64. The lowest BCUT2D eigenvalue weighted by molar-refractivity contribution is 0.0964. The normalized spacial score (nSPS) is 14.1. The third kappa shape index (κ3) is 4.68. The predicted molar refractivity (Wildman–Crippen MR) is 136 cm³/mol. The van der Waals surface area contributed by atoms with Crippen LogP contribution in [-0.2, 0) is 17.8 Å². The van der Waals surface area contributed by atoms with Gasteiger partial charge < -0.3 is 14.3 Å². The number of nitrogens with one attached hydrogen (secondary N) is 1. The van der Waals surface area contributed by atoms with E-state index in [1.807, 2.05) is 0 Å². The number of halogens is 3. The van der Waals surface area contributed by atoms with Gasteiger partial charge in [0.1, 0.15) is 23.0 Å². The molecule has 4 aromatic rings. The molecule has 1 saturated carbocycles. The Hall–Kier alpha value is -3.08. The summed E-state index contributed by atoms with van der Waals surface area (Å²) >= 11 is 0.439. The molecular weight excluding hydrogens is 554 g/mol. The van der Waals surface area contributed by atoms with Gasteiger partial charge in [-0.25, -0.2) is 8.78 Å². The first-order valence-corrected chi connectivity index (χ1v) is 13.0. The molecule has 1 heterocycles. The summed E-state index contributed by atoms with van der Waals surface area (Å²) < 4.78 is 59.9. The minimum atomic E-state index is -2.67. The molecule has 0 aliphatic heterocycles. The van der Waals surface area contributed by atoms with Crippen LogP contribution in [0.1, 0.15) is 40.2 Å². The molecule has 186 valence electrons. The molecule has 0 bridgehead atoms. The number of anilines is 1. The van der Waals surface area contributed by atoms with Crippen molar-refractivity contribution < 1.29 is 26.8 Å². The topological polar surface area (TPSA) is 85.6 Å². The van der Waals surface area contributed by atoms with Crippen LogP contribution in [0.4, 0.5) is 14.5 Å². The minimum absolute atomic E-state index is 0.0840. The molecule has 0 radical (unpaired) electrons. The maximum absolute atomic E-state index is 14.1. The molecule has 1 amide bonds. The first kappa shape index (κ1) is 24.6. The fourth-order valence-electron chi connectivity index (χ4n) is 4.26. The number of nitrogens with zero attached hydrogens (tertiary/aromatic N) is 1. The standard InChI is InChI=1S/C26H21BrF2N2O4S/c1-30-26(32)24-19-11-18(15-3-4-15)22(12-23(19)35-25(24)16-5-7-17(28)8-6-16)31(36(33)34)13-14-2-9-20(27)21(29)10-14/h2,5-12,15H,3-4,13H2,1H3,(H,30,32)(H,33,34)/p-1. The molecule has 3 aromatic carbocycles. The summed E-state index contributed by atoms with van der Waals surface area (Å²) in [7, 11) is 1.51. The summed E-state index contributed by atoms with van der Waals surface area (Å²) in [5.74, 6) is -0.913. The van der Waals surface area contributed by atoms with E-state index in [-0.39, 0.29) is 34.2 Å². The van der Waals surface area contributed by atoms with Crippen molar-refractivity contribution in [2.24, 2.45) is 0 Å². The predicted octanol–water partition coefficient (Wildman–Crippen LogP) is 6.18. The van der Waals surface area contributed by atoms with Crippen molar-refractivity contribution in [1.29, 1.82) is 0 Å². The van der Waals surface area contributed by atoms with Crippen LogP contribution in [0.5, 0.6) is 0 Å². The summed E-state index contributed by atoms with van der Waals surface area (Å²) in [6.45, 7) is -0.0840. The highest BCUT2D eigenvalue weighted by Gasteiger charge is 2.31. The largest absolute Gasteiger partial charge is 0.755 e. The molecule has 1 aromatic heterocycles. The van der Waals surface area contributed by atoms with Crippen LogP contribution in [0.2, 0.25) is 0 Å². The van der Waals surface area contributed by atoms with E-state index in [0.717, 1.165) is 22.7 Å². The molecule has 1 unspecified atom stereocenters. The Morgan fingerprint density at radius 1 is 1.17 bits per heavy atom. The van der Waals surface area contributed by atoms with Crippen molar-refractivity contribution in [3.8, 4) is 11.3 Å². The van der Waals surface area contributed by atoms with Gasteiger partial charge >= 0.3 is 0 Å². The van der Waals surface area contributed by atoms with Crippen LogP contribution in [0.25, 0.3) is 22.3 Å². The highest BCUT2D eigenvalue weighted by Crippen LogP contribution is 2.48. The number of rotatable bonds is 7. The Balaban J connectivity index is 1.68. The van der Waals surface area contributed by atoms with Gasteiger partial charge in [-0.15, -0.1) is 0 Å². The van der Waals surface area contributed by atoms with E-state index in [0.29, 0.717) is 27.8 Å². The van der Waals surface area contributed by atoms with Gasteiger partial charge in [-0.05, 0) is 88.3 Å². The van der Waals surface area contributed by atoms with Crippen molar-refractivity contribution in [2.75, 3.05) is 11.4 Å². The molecule has 6 nitrogen and oxygen atoms in total. The summed E-state index contributed by atoms with van der Waals surface area (Å²) in [4.78, 5) is 12.9. The Labute approximate surface area is 216 Å². The monoisotopic (exact) mass is 573 g/mol. The zero-order valence-corrected chi connectivity index (χ0v) is 21.4. The van der Waals surface area contributed by atoms with Gasteiger partial charge in [0.2, 0.25) is 0 Å². The SMILES string of the molecule is CNC(=O)c1c(-c2ccc(F)cc2)oc2cc(N(Cc3ccc(Br)c(F)c3)S(=O)[O-])c(C3CC3)cc12. The van der Waals surface area contributed by atoms with Gasteiger partial charge in [0, 0.05) is 35.3 Å². The average molecular weight is 574 g/mol. The number of carbonyl (C=O) groups is 1. The van der Waals surface area contributed by atoms with Gasteiger partial charge in [0.25, 0.3) is 5.91 Å². The molecule has 1 atom stereocenters. The fraction of sp³-hybridized carbons (Fsp3) is 0.192. The Morgan fingerprint density at radius 3 is 2.50 bits per heavy atom. The molecule has 1 aliphatic rings. The highest BCUT2D eigenvalue weighted by molar-refractivity contribution is 9.10. The molecule has 36 heavy (non-hydrogen) atoms. The number of fused-ring (bicyclic) bond motifs is 1. The van der Waals surface area contributed by atoms with E-state index in [1.54, 1.807) is 18.2 Å². The van der Waals surface area contributed by atoms with E-state index < -0.39 is 22.9 Å². The number of benzene rings is 3. The van der Waals surface area contributed by atoms with Crippen LogP contribution in [0, 0.1) is 11.6 Å². The molecule has 10 heteroatoms. The third-order valence-corrected chi connectivity index (χ3v) is 7.50. The Morgan fingerprint density at radius 2 is 1.89 bits per heavy atom. The lowest BCUT2D eigenvalue weighted by atomic mass is 10.00. The fourth-order valence-corrected chi connectivity index (χ4v) is 5.08. The van der Waals surface area contributed by atoms with Crippen molar-refractivity contribution in [2.45, 2.75) is 25.3 Å². The van der Waals surface area contributed by atoms with Crippen LogP contribution >= 0.6 is 15.9 Å². The lowest BCUT2D eigenvalue weighted by Gasteiger charge is -2.29. The van der Waals surface area contributed by atoms with E-state index >= 15 is 0 Å². The number of furan rings is 1. The molecule has 0 spiro atoms. The van der Waals surface area contributed by atoms with Crippen LogP contribution in [0.3, 0.4) is 0 Å². The van der Waals surface area contributed by atoms with E-state index in [1.165, 1.54) is 43.4 Å². The molecule has 1 fully saturated rings. The van der Waals surface area contributed by atoms with E-state index in [9.17, 15) is 22.3 Å². The van der Waals surface area contributed by atoms with Gasteiger partial charge in [0.05, 0.1) is 22.3 Å². The number of carbonyl (C=O) groups excluding carboxylic acids is 1. The van der Waals surface area contributed by atoms with Crippen molar-refractivity contribution in [3.05, 3.63) is 87.4 Å². The third-order valence-electron chi connectivity index (χ3n) is 6.17. The van der Waals surface area contributed by atoms with Crippen molar-refractivity contribution >= 4 is 49.8 Å². The molecule has 0 saturated heterocycles. The summed E-state index contributed by atoms with van der Waals surface area (Å²) in [6, 6.07) is 13.4. The van der Waals surface area contributed by atoms with E-state index in [4.69, 9.17) is 4.42 Å². The summed E-state index contributed by atoms with van der Waals surface area (Å²) in [5, 5.41) is 3.16. The second-order valence-corrected chi connectivity index (χ2v) is 10.3.